The maximum absolute atomic E-state index is 12.1. The van der Waals surface area contributed by atoms with E-state index in [0.29, 0.717) is 5.56 Å². The molecule has 5 nitrogen and oxygen atoms in total. The SMILES string of the molecule is C[C@H](OC(=O)c1ccc(-n2ccnc2)cc1)C(C)(C)C#N. The van der Waals surface area contributed by atoms with Crippen LogP contribution in [0.25, 0.3) is 5.69 Å². The average molecular weight is 283 g/mol. The highest BCUT2D eigenvalue weighted by atomic mass is 16.5. The molecule has 0 saturated heterocycles. The molecule has 0 bridgehead atoms. The van der Waals surface area contributed by atoms with Crippen LogP contribution in [0.1, 0.15) is 31.1 Å². The molecule has 0 radical (unpaired) electrons. The third-order valence-corrected chi connectivity index (χ3v) is 3.49. The zero-order chi connectivity index (χ0) is 15.5. The summed E-state index contributed by atoms with van der Waals surface area (Å²) in [6, 6.07) is 9.17. The smallest absolute Gasteiger partial charge is 0.338 e. The number of imidazole rings is 1. The second-order valence-electron chi connectivity index (χ2n) is 5.40. The third-order valence-electron chi connectivity index (χ3n) is 3.49. The molecule has 0 aliphatic heterocycles. The van der Waals surface area contributed by atoms with E-state index in [1.165, 1.54) is 0 Å². The van der Waals surface area contributed by atoms with Gasteiger partial charge in [0, 0.05) is 18.1 Å². The summed E-state index contributed by atoms with van der Waals surface area (Å²) in [5.74, 6) is -0.428. The Bertz CT molecular complexity index is 652. The molecule has 1 heterocycles. The van der Waals surface area contributed by atoms with E-state index in [9.17, 15) is 4.79 Å². The van der Waals surface area contributed by atoms with E-state index in [1.807, 2.05) is 22.9 Å². The zero-order valence-electron chi connectivity index (χ0n) is 12.3. The van der Waals surface area contributed by atoms with Gasteiger partial charge in [0.2, 0.25) is 0 Å². The van der Waals surface area contributed by atoms with Crippen LogP contribution in [0.4, 0.5) is 0 Å². The second kappa shape index (κ2) is 5.80. The Morgan fingerprint density at radius 3 is 2.57 bits per heavy atom. The Balaban J connectivity index is 2.09. The van der Waals surface area contributed by atoms with Crippen LogP contribution in [0.3, 0.4) is 0 Å². The summed E-state index contributed by atoms with van der Waals surface area (Å²) in [4.78, 5) is 16.0. The molecule has 2 rings (SSSR count). The van der Waals surface area contributed by atoms with Crippen molar-refractivity contribution in [1.82, 2.24) is 9.55 Å². The lowest BCUT2D eigenvalue weighted by Crippen LogP contribution is -2.30. The molecule has 1 aromatic carbocycles. The molecule has 2 aromatic rings. The number of aromatic nitrogens is 2. The van der Waals surface area contributed by atoms with Crippen molar-refractivity contribution < 1.29 is 9.53 Å². The van der Waals surface area contributed by atoms with E-state index in [0.717, 1.165) is 5.69 Å². The standard InChI is InChI=1S/C16H17N3O2/c1-12(16(2,3)10-17)21-15(20)13-4-6-14(7-5-13)19-9-8-18-11-19/h4-9,11-12H,1-3H3/t12-/m0/s1. The van der Waals surface area contributed by atoms with Gasteiger partial charge in [0.1, 0.15) is 6.10 Å². The van der Waals surface area contributed by atoms with E-state index in [1.54, 1.807) is 45.4 Å². The first kappa shape index (κ1) is 14.8. The van der Waals surface area contributed by atoms with Crippen molar-refractivity contribution in [1.29, 1.82) is 5.26 Å². The third kappa shape index (κ3) is 3.29. The second-order valence-corrected chi connectivity index (χ2v) is 5.40. The molecule has 0 spiro atoms. The topological polar surface area (TPSA) is 67.9 Å². The fourth-order valence-corrected chi connectivity index (χ4v) is 1.65. The molecule has 0 saturated carbocycles. The van der Waals surface area contributed by atoms with Crippen molar-refractivity contribution in [2.75, 3.05) is 0 Å². The number of hydrogen-bond acceptors (Lipinski definition) is 4. The largest absolute Gasteiger partial charge is 0.457 e. The van der Waals surface area contributed by atoms with E-state index >= 15 is 0 Å². The molecular weight excluding hydrogens is 266 g/mol. The quantitative estimate of drug-likeness (QED) is 0.809. The number of rotatable bonds is 4. The predicted octanol–water partition coefficient (Wildman–Crippen LogP) is 2.97. The number of carbonyl (C=O) groups excluding carboxylic acids is 1. The molecular formula is C16H17N3O2. The summed E-state index contributed by atoms with van der Waals surface area (Å²) in [5.41, 5.74) is 0.653. The molecule has 21 heavy (non-hydrogen) atoms. The van der Waals surface area contributed by atoms with Crippen molar-refractivity contribution in [3.05, 3.63) is 48.5 Å². The highest BCUT2D eigenvalue weighted by Gasteiger charge is 2.29. The summed E-state index contributed by atoms with van der Waals surface area (Å²) in [5, 5.41) is 9.04. The Kier molecular flexibility index (Phi) is 4.08. The summed E-state index contributed by atoms with van der Waals surface area (Å²) >= 11 is 0. The van der Waals surface area contributed by atoms with Gasteiger partial charge in [0.25, 0.3) is 0 Å². The van der Waals surface area contributed by atoms with Gasteiger partial charge in [0.15, 0.2) is 0 Å². The average Bonchev–Trinajstić information content (AvgIpc) is 3.01. The van der Waals surface area contributed by atoms with Gasteiger partial charge < -0.3 is 9.30 Å². The maximum Gasteiger partial charge on any atom is 0.338 e. The Morgan fingerprint density at radius 2 is 2.05 bits per heavy atom. The van der Waals surface area contributed by atoms with Crippen LogP contribution in [-0.2, 0) is 4.74 Å². The van der Waals surface area contributed by atoms with Gasteiger partial charge in [-0.25, -0.2) is 9.78 Å². The highest BCUT2D eigenvalue weighted by Crippen LogP contribution is 2.23. The van der Waals surface area contributed by atoms with E-state index in [4.69, 9.17) is 10.00 Å². The van der Waals surface area contributed by atoms with Crippen molar-refractivity contribution >= 4 is 5.97 Å². The molecule has 5 heteroatoms. The minimum absolute atomic E-state index is 0.428. The number of ether oxygens (including phenoxy) is 1. The normalized spacial score (nSPS) is 12.5. The highest BCUT2D eigenvalue weighted by molar-refractivity contribution is 5.89. The summed E-state index contributed by atoms with van der Waals surface area (Å²) < 4.78 is 7.19. The molecule has 1 aromatic heterocycles. The first-order chi connectivity index (χ1) is 9.94. The predicted molar refractivity (Wildman–Crippen MR) is 77.8 cm³/mol. The number of carbonyl (C=O) groups is 1. The fourth-order valence-electron chi connectivity index (χ4n) is 1.65. The molecule has 0 N–H and O–H groups in total. The van der Waals surface area contributed by atoms with Gasteiger partial charge in [-0.3, -0.25) is 0 Å². The number of esters is 1. The minimum atomic E-state index is -0.716. The minimum Gasteiger partial charge on any atom is -0.457 e. The molecule has 0 unspecified atom stereocenters. The summed E-state index contributed by atoms with van der Waals surface area (Å²) in [7, 11) is 0. The van der Waals surface area contributed by atoms with Crippen molar-refractivity contribution in [2.24, 2.45) is 5.41 Å². The maximum atomic E-state index is 12.1. The van der Waals surface area contributed by atoms with Crippen molar-refractivity contribution in [2.45, 2.75) is 26.9 Å². The van der Waals surface area contributed by atoms with Crippen LogP contribution >= 0.6 is 0 Å². The number of hydrogen-bond donors (Lipinski definition) is 0. The van der Waals surface area contributed by atoms with Gasteiger partial charge in [-0.15, -0.1) is 0 Å². The van der Waals surface area contributed by atoms with Gasteiger partial charge >= 0.3 is 5.97 Å². The lowest BCUT2D eigenvalue weighted by Gasteiger charge is -2.24. The van der Waals surface area contributed by atoms with Gasteiger partial charge in [-0.2, -0.15) is 5.26 Å². The van der Waals surface area contributed by atoms with Crippen LogP contribution < -0.4 is 0 Å². The van der Waals surface area contributed by atoms with Crippen LogP contribution in [0, 0.1) is 16.7 Å². The van der Waals surface area contributed by atoms with Gasteiger partial charge in [-0.05, 0) is 45.0 Å². The Labute approximate surface area is 123 Å². The fraction of sp³-hybridized carbons (Fsp3) is 0.312. The lowest BCUT2D eigenvalue weighted by atomic mass is 9.89. The van der Waals surface area contributed by atoms with Crippen molar-refractivity contribution in [3.63, 3.8) is 0 Å². The first-order valence-electron chi connectivity index (χ1n) is 6.64. The molecule has 108 valence electrons. The van der Waals surface area contributed by atoms with Gasteiger partial charge in [-0.1, -0.05) is 0 Å². The Morgan fingerprint density at radius 1 is 1.38 bits per heavy atom. The zero-order valence-corrected chi connectivity index (χ0v) is 12.3. The summed E-state index contributed by atoms with van der Waals surface area (Å²) in [6.07, 6.45) is 4.71. The molecule has 0 aliphatic rings. The van der Waals surface area contributed by atoms with Crippen LogP contribution in [-0.4, -0.2) is 21.6 Å². The van der Waals surface area contributed by atoms with Crippen molar-refractivity contribution in [3.8, 4) is 11.8 Å². The number of nitrogens with zero attached hydrogens (tertiary/aromatic N) is 3. The van der Waals surface area contributed by atoms with E-state index < -0.39 is 17.5 Å². The molecule has 1 atom stereocenters. The monoisotopic (exact) mass is 283 g/mol. The molecule has 0 amide bonds. The summed E-state index contributed by atoms with van der Waals surface area (Å²) in [6.45, 7) is 5.21. The van der Waals surface area contributed by atoms with E-state index in [-0.39, 0.29) is 0 Å². The number of benzene rings is 1. The molecule has 0 fully saturated rings. The first-order valence-corrected chi connectivity index (χ1v) is 6.64. The number of nitriles is 1. The van der Waals surface area contributed by atoms with Crippen LogP contribution in [0.15, 0.2) is 43.0 Å². The van der Waals surface area contributed by atoms with E-state index in [2.05, 4.69) is 11.1 Å². The Hall–Kier alpha value is -2.61. The lowest BCUT2D eigenvalue weighted by molar-refractivity contribution is 0.0129. The van der Waals surface area contributed by atoms with Crippen LogP contribution in [0.5, 0.6) is 0 Å². The molecule has 0 aliphatic carbocycles. The van der Waals surface area contributed by atoms with Crippen LogP contribution in [0.2, 0.25) is 0 Å². The van der Waals surface area contributed by atoms with Gasteiger partial charge in [0.05, 0.1) is 23.4 Å².